The molecule has 0 atom stereocenters. The summed E-state index contributed by atoms with van der Waals surface area (Å²) in [7, 11) is 0. The third kappa shape index (κ3) is 5.13. The fourth-order valence-corrected chi connectivity index (χ4v) is 3.26. The van der Waals surface area contributed by atoms with Crippen LogP contribution in [0.3, 0.4) is 0 Å². The number of carbonyl (C=O) groups is 1. The number of ether oxygens (including phenoxy) is 1. The molecule has 25 heavy (non-hydrogen) atoms. The Morgan fingerprint density at radius 1 is 1.04 bits per heavy atom. The predicted octanol–water partition coefficient (Wildman–Crippen LogP) is 4.19. The molecule has 1 fully saturated rings. The lowest BCUT2D eigenvalue weighted by molar-refractivity contribution is 0.0835. The van der Waals surface area contributed by atoms with Gasteiger partial charge in [-0.3, -0.25) is 4.79 Å². The van der Waals surface area contributed by atoms with E-state index in [4.69, 9.17) is 4.74 Å². The van der Waals surface area contributed by atoms with Crippen LogP contribution in [0.1, 0.15) is 29.6 Å². The summed E-state index contributed by atoms with van der Waals surface area (Å²) in [4.78, 5) is 14.9. The van der Waals surface area contributed by atoms with Crippen LogP contribution in [-0.2, 0) is 0 Å². The number of Topliss-reactive ketones (excluding diaryl/α,β-unsaturated/α-hetero) is 1. The van der Waals surface area contributed by atoms with E-state index >= 15 is 0 Å². The van der Waals surface area contributed by atoms with Crippen molar-refractivity contribution in [3.63, 3.8) is 0 Å². The Labute approximate surface area is 148 Å². The maximum Gasteiger partial charge on any atom is 0.166 e. The van der Waals surface area contributed by atoms with Gasteiger partial charge in [-0.2, -0.15) is 0 Å². The summed E-state index contributed by atoms with van der Waals surface area (Å²) >= 11 is 0. The van der Waals surface area contributed by atoms with Crippen LogP contribution in [0.15, 0.2) is 54.6 Å². The molecular weight excluding hydrogens is 317 g/mol. The molecule has 0 saturated carbocycles. The predicted molar refractivity (Wildman–Crippen MR) is 96.4 cm³/mol. The molecule has 3 nitrogen and oxygen atoms in total. The van der Waals surface area contributed by atoms with Gasteiger partial charge in [-0.1, -0.05) is 18.2 Å². The highest BCUT2D eigenvalue weighted by molar-refractivity contribution is 5.97. The summed E-state index contributed by atoms with van der Waals surface area (Å²) in [6.07, 6.45) is 2.72. The summed E-state index contributed by atoms with van der Waals surface area (Å²) in [5, 5.41) is 0. The summed E-state index contributed by atoms with van der Waals surface area (Å²) in [6, 6.07) is 15.7. The number of halogens is 1. The van der Waals surface area contributed by atoms with Crippen LogP contribution in [0.5, 0.6) is 5.75 Å². The molecule has 1 heterocycles. The Kier molecular flexibility index (Phi) is 6.18. The Bertz CT molecular complexity index is 664. The lowest BCUT2D eigenvalue weighted by Gasteiger charge is -2.31. The van der Waals surface area contributed by atoms with Crippen molar-refractivity contribution in [1.29, 1.82) is 0 Å². The van der Waals surface area contributed by atoms with E-state index in [1.54, 1.807) is 12.1 Å². The van der Waals surface area contributed by atoms with Crippen LogP contribution in [0.25, 0.3) is 0 Å². The van der Waals surface area contributed by atoms with Crippen molar-refractivity contribution in [1.82, 2.24) is 4.90 Å². The van der Waals surface area contributed by atoms with E-state index in [2.05, 4.69) is 4.90 Å². The number of likely N-dealkylation sites (tertiary alicyclic amines) is 1. The van der Waals surface area contributed by atoms with Crippen molar-refractivity contribution in [2.24, 2.45) is 5.92 Å². The summed E-state index contributed by atoms with van der Waals surface area (Å²) < 4.78 is 18.7. The molecule has 1 aliphatic rings. The number of benzene rings is 2. The van der Waals surface area contributed by atoms with Gasteiger partial charge in [0.1, 0.15) is 11.6 Å². The lowest BCUT2D eigenvalue weighted by Crippen LogP contribution is -2.37. The summed E-state index contributed by atoms with van der Waals surface area (Å²) in [5.74, 6) is 0.810. The molecule has 0 aromatic heterocycles. The molecule has 0 bridgehead atoms. The van der Waals surface area contributed by atoms with Gasteiger partial charge < -0.3 is 9.64 Å². The van der Waals surface area contributed by atoms with Gasteiger partial charge in [-0.25, -0.2) is 4.39 Å². The molecular formula is C21H24FNO2. The number of nitrogens with zero attached hydrogens (tertiary/aromatic N) is 1. The Morgan fingerprint density at radius 2 is 1.72 bits per heavy atom. The number of rotatable bonds is 7. The number of piperidine rings is 1. The van der Waals surface area contributed by atoms with Gasteiger partial charge in [0.25, 0.3) is 0 Å². The topological polar surface area (TPSA) is 29.5 Å². The molecule has 4 heteroatoms. The van der Waals surface area contributed by atoms with E-state index < -0.39 is 0 Å². The normalized spacial score (nSPS) is 15.9. The Balaban J connectivity index is 1.37. The fraction of sp³-hybridized carbons (Fsp3) is 0.381. The first-order chi connectivity index (χ1) is 12.2. The maximum atomic E-state index is 13.0. The molecule has 0 amide bonds. The number of para-hydroxylation sites is 1. The zero-order valence-electron chi connectivity index (χ0n) is 14.4. The van der Waals surface area contributed by atoms with Gasteiger partial charge in [0.2, 0.25) is 0 Å². The van der Waals surface area contributed by atoms with Crippen LogP contribution < -0.4 is 4.74 Å². The molecule has 3 rings (SSSR count). The molecule has 2 aromatic rings. The van der Waals surface area contributed by atoms with Crippen molar-refractivity contribution in [3.8, 4) is 5.75 Å². The van der Waals surface area contributed by atoms with Crippen molar-refractivity contribution in [3.05, 3.63) is 66.0 Å². The van der Waals surface area contributed by atoms with Gasteiger partial charge in [0, 0.05) is 18.0 Å². The van der Waals surface area contributed by atoms with Crippen LogP contribution in [0.4, 0.5) is 4.39 Å². The molecule has 132 valence electrons. The highest BCUT2D eigenvalue weighted by atomic mass is 19.1. The third-order valence-corrected chi connectivity index (χ3v) is 4.72. The van der Waals surface area contributed by atoms with E-state index in [9.17, 15) is 9.18 Å². The minimum Gasteiger partial charge on any atom is -0.494 e. The SMILES string of the molecule is O=C(c1ccc(F)cc1)C1CCN(CCCOc2ccccc2)CC1. The van der Waals surface area contributed by atoms with Gasteiger partial charge in [-0.15, -0.1) is 0 Å². The van der Waals surface area contributed by atoms with Crippen LogP contribution in [-0.4, -0.2) is 36.9 Å². The minimum atomic E-state index is -0.302. The molecule has 0 unspecified atom stereocenters. The van der Waals surface area contributed by atoms with E-state index in [1.165, 1.54) is 12.1 Å². The van der Waals surface area contributed by atoms with E-state index in [1.807, 2.05) is 30.3 Å². The number of carbonyl (C=O) groups excluding carboxylic acids is 1. The standard InChI is InChI=1S/C21H24FNO2/c22-19-9-7-17(8-10-19)21(24)18-11-14-23(15-12-18)13-4-16-25-20-5-2-1-3-6-20/h1-3,5-10,18H,4,11-16H2. The summed E-state index contributed by atoms with van der Waals surface area (Å²) in [6.45, 7) is 3.56. The zero-order valence-corrected chi connectivity index (χ0v) is 14.4. The van der Waals surface area contributed by atoms with E-state index in [0.29, 0.717) is 12.2 Å². The lowest BCUT2D eigenvalue weighted by atomic mass is 9.89. The van der Waals surface area contributed by atoms with Crippen LogP contribution in [0.2, 0.25) is 0 Å². The largest absolute Gasteiger partial charge is 0.494 e. The van der Waals surface area contributed by atoms with Gasteiger partial charge >= 0.3 is 0 Å². The number of hydrogen-bond acceptors (Lipinski definition) is 3. The molecule has 0 N–H and O–H groups in total. The molecule has 0 spiro atoms. The van der Waals surface area contributed by atoms with Crippen molar-refractivity contribution in [2.75, 3.05) is 26.2 Å². The zero-order chi connectivity index (χ0) is 17.5. The third-order valence-electron chi connectivity index (χ3n) is 4.72. The quantitative estimate of drug-likeness (QED) is 0.559. The monoisotopic (exact) mass is 341 g/mol. The second kappa shape index (κ2) is 8.77. The molecule has 1 aliphatic heterocycles. The first-order valence-corrected chi connectivity index (χ1v) is 8.92. The fourth-order valence-electron chi connectivity index (χ4n) is 3.26. The maximum absolute atomic E-state index is 13.0. The average molecular weight is 341 g/mol. The summed E-state index contributed by atoms with van der Waals surface area (Å²) in [5.41, 5.74) is 0.621. The second-order valence-electron chi connectivity index (χ2n) is 6.50. The van der Waals surface area contributed by atoms with Crippen molar-refractivity contribution in [2.45, 2.75) is 19.3 Å². The second-order valence-corrected chi connectivity index (χ2v) is 6.50. The first kappa shape index (κ1) is 17.6. The number of hydrogen-bond donors (Lipinski definition) is 0. The first-order valence-electron chi connectivity index (χ1n) is 8.92. The molecule has 1 saturated heterocycles. The van der Waals surface area contributed by atoms with E-state index in [-0.39, 0.29) is 17.5 Å². The average Bonchev–Trinajstić information content (AvgIpc) is 2.67. The highest BCUT2D eigenvalue weighted by Gasteiger charge is 2.25. The number of ketones is 1. The van der Waals surface area contributed by atoms with Crippen molar-refractivity contribution >= 4 is 5.78 Å². The smallest absolute Gasteiger partial charge is 0.166 e. The highest BCUT2D eigenvalue weighted by Crippen LogP contribution is 2.22. The van der Waals surface area contributed by atoms with E-state index in [0.717, 1.165) is 44.6 Å². The van der Waals surface area contributed by atoms with Gasteiger partial charge in [0.15, 0.2) is 5.78 Å². The molecule has 0 radical (unpaired) electrons. The van der Waals surface area contributed by atoms with Crippen LogP contribution in [0, 0.1) is 11.7 Å². The van der Waals surface area contributed by atoms with Crippen molar-refractivity contribution < 1.29 is 13.9 Å². The molecule has 2 aromatic carbocycles. The van der Waals surface area contributed by atoms with Crippen LogP contribution >= 0.6 is 0 Å². The Hall–Kier alpha value is -2.20. The Morgan fingerprint density at radius 3 is 2.40 bits per heavy atom. The van der Waals surface area contributed by atoms with Gasteiger partial charge in [0.05, 0.1) is 6.61 Å². The molecule has 0 aliphatic carbocycles. The minimum absolute atomic E-state index is 0.0577. The van der Waals surface area contributed by atoms with Gasteiger partial charge in [-0.05, 0) is 68.8 Å².